The lowest BCUT2D eigenvalue weighted by molar-refractivity contribution is 0.174. The van der Waals surface area contributed by atoms with Crippen LogP contribution in [0.4, 0.5) is 0 Å². The third kappa shape index (κ3) is 1.86. The number of hydrogen-bond donors (Lipinski definition) is 2. The monoisotopic (exact) mass is 177 g/mol. The number of aliphatic hydroxyl groups is 1. The third-order valence-corrected chi connectivity index (χ3v) is 2.83. The van der Waals surface area contributed by atoms with Crippen molar-refractivity contribution in [3.05, 3.63) is 0 Å². The number of halogens is 1. The number of piperidine rings is 1. The smallest absolute Gasteiger partial charge is 0.0460 e. The van der Waals surface area contributed by atoms with E-state index in [0.29, 0.717) is 12.5 Å². The maximum Gasteiger partial charge on any atom is 0.0460 e. The number of aliphatic hydroxyl groups excluding tert-OH is 1. The molecule has 11 heavy (non-hydrogen) atoms. The Morgan fingerprint density at radius 2 is 1.73 bits per heavy atom. The minimum Gasteiger partial charge on any atom is -0.396 e. The lowest BCUT2D eigenvalue weighted by Crippen LogP contribution is -2.38. The summed E-state index contributed by atoms with van der Waals surface area (Å²) in [7, 11) is 0. The van der Waals surface area contributed by atoms with E-state index >= 15 is 0 Å². The van der Waals surface area contributed by atoms with Gasteiger partial charge in [0.2, 0.25) is 0 Å². The van der Waals surface area contributed by atoms with Gasteiger partial charge in [0.1, 0.15) is 0 Å². The Morgan fingerprint density at radius 3 is 2.18 bits per heavy atom. The molecule has 3 heteroatoms. The second-order valence-electron chi connectivity index (χ2n) is 3.66. The van der Waals surface area contributed by atoms with Gasteiger partial charge in [-0.15, -0.1) is 12.4 Å². The molecule has 0 aromatic carbocycles. The second kappa shape index (κ2) is 3.74. The van der Waals surface area contributed by atoms with E-state index in [0.717, 1.165) is 12.1 Å². The van der Waals surface area contributed by atoms with Gasteiger partial charge in [-0.3, -0.25) is 0 Å². The van der Waals surface area contributed by atoms with Crippen molar-refractivity contribution in [2.75, 3.05) is 6.61 Å². The van der Waals surface area contributed by atoms with E-state index in [4.69, 9.17) is 5.11 Å². The van der Waals surface area contributed by atoms with Crippen molar-refractivity contribution in [2.24, 2.45) is 5.92 Å². The molecule has 2 heterocycles. The first kappa shape index (κ1) is 9.30. The van der Waals surface area contributed by atoms with E-state index in [1.165, 1.54) is 25.7 Å². The summed E-state index contributed by atoms with van der Waals surface area (Å²) >= 11 is 0. The highest BCUT2D eigenvalue weighted by Gasteiger charge is 2.32. The van der Waals surface area contributed by atoms with E-state index in [9.17, 15) is 0 Å². The predicted octanol–water partition coefficient (Wildman–Crippen LogP) is 0.931. The molecule has 0 spiro atoms. The Balaban J connectivity index is 0.000000605. The fourth-order valence-corrected chi connectivity index (χ4v) is 2.32. The maximum absolute atomic E-state index is 8.93. The summed E-state index contributed by atoms with van der Waals surface area (Å²) in [6.45, 7) is 0.398. The molecule has 2 nitrogen and oxygen atoms in total. The number of fused-ring (bicyclic) bond motifs is 2. The van der Waals surface area contributed by atoms with Gasteiger partial charge in [-0.1, -0.05) is 0 Å². The lowest BCUT2D eigenvalue weighted by atomic mass is 9.93. The predicted molar refractivity (Wildman–Crippen MR) is 47.0 cm³/mol. The highest BCUT2D eigenvalue weighted by molar-refractivity contribution is 5.85. The maximum atomic E-state index is 8.93. The van der Waals surface area contributed by atoms with Gasteiger partial charge in [0.15, 0.2) is 0 Å². The molecule has 2 fully saturated rings. The molecule has 0 radical (unpaired) electrons. The van der Waals surface area contributed by atoms with Gasteiger partial charge in [-0.05, 0) is 31.6 Å². The van der Waals surface area contributed by atoms with Gasteiger partial charge in [0, 0.05) is 18.7 Å². The molecule has 2 aliphatic heterocycles. The fraction of sp³-hybridized carbons (Fsp3) is 1.00. The molecule has 0 aromatic rings. The fourth-order valence-electron chi connectivity index (χ4n) is 2.32. The molecule has 2 bridgehead atoms. The molecule has 0 saturated carbocycles. The molecule has 2 saturated heterocycles. The van der Waals surface area contributed by atoms with E-state index < -0.39 is 0 Å². The van der Waals surface area contributed by atoms with Crippen molar-refractivity contribution in [2.45, 2.75) is 37.8 Å². The van der Waals surface area contributed by atoms with Gasteiger partial charge in [0.05, 0.1) is 0 Å². The van der Waals surface area contributed by atoms with Gasteiger partial charge < -0.3 is 10.4 Å². The summed E-state index contributed by atoms with van der Waals surface area (Å²) in [6, 6.07) is 1.46. The van der Waals surface area contributed by atoms with Gasteiger partial charge in [-0.2, -0.15) is 0 Å². The first-order valence-electron chi connectivity index (χ1n) is 4.25. The second-order valence-corrected chi connectivity index (χ2v) is 3.66. The molecule has 2 unspecified atom stereocenters. The molecule has 0 aliphatic carbocycles. The molecule has 2 N–H and O–H groups in total. The van der Waals surface area contributed by atoms with Crippen LogP contribution in [0.1, 0.15) is 25.7 Å². The highest BCUT2D eigenvalue weighted by atomic mass is 35.5. The Labute approximate surface area is 73.8 Å². The van der Waals surface area contributed by atoms with Gasteiger partial charge in [0.25, 0.3) is 0 Å². The normalized spacial score (nSPS) is 41.7. The van der Waals surface area contributed by atoms with Crippen LogP contribution in [0, 0.1) is 5.92 Å². The van der Waals surface area contributed by atoms with Crippen LogP contribution in [0.15, 0.2) is 0 Å². The number of rotatable bonds is 1. The van der Waals surface area contributed by atoms with Crippen LogP contribution in [0.5, 0.6) is 0 Å². The van der Waals surface area contributed by atoms with E-state index in [1.54, 1.807) is 0 Å². The first-order valence-corrected chi connectivity index (χ1v) is 4.25. The number of hydrogen-bond acceptors (Lipinski definition) is 2. The summed E-state index contributed by atoms with van der Waals surface area (Å²) in [4.78, 5) is 0. The Hall–Kier alpha value is 0.210. The van der Waals surface area contributed by atoms with Crippen LogP contribution in [0.3, 0.4) is 0 Å². The zero-order valence-electron chi connectivity index (χ0n) is 6.62. The molecular formula is C8H16ClNO. The van der Waals surface area contributed by atoms with E-state index in [-0.39, 0.29) is 12.4 Å². The summed E-state index contributed by atoms with van der Waals surface area (Å²) in [6.07, 6.45) is 5.07. The zero-order valence-corrected chi connectivity index (χ0v) is 7.44. The Morgan fingerprint density at radius 1 is 1.18 bits per heavy atom. The lowest BCUT2D eigenvalue weighted by Gasteiger charge is -2.27. The minimum atomic E-state index is 0. The molecule has 66 valence electrons. The summed E-state index contributed by atoms with van der Waals surface area (Å²) in [5.41, 5.74) is 0. The van der Waals surface area contributed by atoms with Crippen molar-refractivity contribution in [1.82, 2.24) is 5.32 Å². The van der Waals surface area contributed by atoms with Crippen LogP contribution < -0.4 is 5.32 Å². The summed E-state index contributed by atoms with van der Waals surface area (Å²) in [5.74, 6) is 0.596. The zero-order chi connectivity index (χ0) is 6.97. The highest BCUT2D eigenvalue weighted by Crippen LogP contribution is 2.30. The van der Waals surface area contributed by atoms with Crippen molar-refractivity contribution < 1.29 is 5.11 Å². The van der Waals surface area contributed by atoms with Crippen LogP contribution in [-0.4, -0.2) is 23.8 Å². The van der Waals surface area contributed by atoms with Crippen molar-refractivity contribution in [3.8, 4) is 0 Å². The minimum absolute atomic E-state index is 0. The molecule has 2 aliphatic rings. The molecule has 0 amide bonds. The first-order chi connectivity index (χ1) is 4.88. The molecule has 2 rings (SSSR count). The Kier molecular flexibility index (Phi) is 3.16. The quantitative estimate of drug-likeness (QED) is 0.625. The van der Waals surface area contributed by atoms with Crippen LogP contribution >= 0.6 is 12.4 Å². The summed E-state index contributed by atoms with van der Waals surface area (Å²) in [5, 5.41) is 12.5. The Bertz CT molecular complexity index is 119. The third-order valence-electron chi connectivity index (χ3n) is 2.83. The van der Waals surface area contributed by atoms with Crippen molar-refractivity contribution in [1.29, 1.82) is 0 Å². The summed E-state index contributed by atoms with van der Waals surface area (Å²) < 4.78 is 0. The topological polar surface area (TPSA) is 32.3 Å². The van der Waals surface area contributed by atoms with Crippen LogP contribution in [0.25, 0.3) is 0 Å². The van der Waals surface area contributed by atoms with Crippen molar-refractivity contribution in [3.63, 3.8) is 0 Å². The van der Waals surface area contributed by atoms with Crippen LogP contribution in [0.2, 0.25) is 0 Å². The SMILES string of the molecule is Cl.OCC1CC2CC[C@@H](C1)N2. The van der Waals surface area contributed by atoms with E-state index in [2.05, 4.69) is 5.32 Å². The number of nitrogens with one attached hydrogen (secondary N) is 1. The molecule has 0 aromatic heterocycles. The average Bonchev–Trinajstić information content (AvgIpc) is 2.30. The standard InChI is InChI=1S/C8H15NO.ClH/c10-5-6-3-7-1-2-8(4-6)9-7;/h6-10H,1-5H2;1H/t6?,7-,8?;/m0./s1. The average molecular weight is 178 g/mol. The molecular weight excluding hydrogens is 162 g/mol. The van der Waals surface area contributed by atoms with E-state index in [1.807, 2.05) is 0 Å². The molecule has 3 atom stereocenters. The van der Waals surface area contributed by atoms with Gasteiger partial charge >= 0.3 is 0 Å². The van der Waals surface area contributed by atoms with Crippen molar-refractivity contribution >= 4 is 12.4 Å². The van der Waals surface area contributed by atoms with Gasteiger partial charge in [-0.25, -0.2) is 0 Å². The van der Waals surface area contributed by atoms with Crippen LogP contribution in [-0.2, 0) is 0 Å². The largest absolute Gasteiger partial charge is 0.396 e.